The minimum Gasteiger partial charge on any atom is -0.399 e. The van der Waals surface area contributed by atoms with Gasteiger partial charge < -0.3 is 16.8 Å². The zero-order valence-electron chi connectivity index (χ0n) is 15.2. The third-order valence-corrected chi connectivity index (χ3v) is 5.10. The predicted octanol–water partition coefficient (Wildman–Crippen LogP) is 4.62. The molecule has 0 amide bonds. The second kappa shape index (κ2) is 6.39. The van der Waals surface area contributed by atoms with Crippen LogP contribution in [0.25, 0.3) is 22.5 Å². The maximum Gasteiger partial charge on any atom is 0.0726 e. The maximum absolute atomic E-state index is 6.69. The molecule has 5 N–H and O–H groups in total. The topological polar surface area (TPSA) is 89.8 Å². The van der Waals surface area contributed by atoms with Gasteiger partial charge in [-0.15, -0.1) is 0 Å². The number of hydrogen-bond donors (Lipinski definition) is 3. The minimum atomic E-state index is 0.685. The fourth-order valence-electron chi connectivity index (χ4n) is 3.79. The molecular formula is C23H19N5. The third kappa shape index (κ3) is 2.65. The van der Waals surface area contributed by atoms with Crippen molar-refractivity contribution >= 4 is 22.7 Å². The van der Waals surface area contributed by atoms with Crippen molar-refractivity contribution < 1.29 is 0 Å². The summed E-state index contributed by atoms with van der Waals surface area (Å²) in [6, 6.07) is 19.7. The molecule has 3 heterocycles. The molecule has 0 atom stereocenters. The van der Waals surface area contributed by atoms with E-state index in [-0.39, 0.29) is 0 Å². The van der Waals surface area contributed by atoms with Crippen LogP contribution in [-0.4, -0.2) is 9.97 Å². The number of nitrogen functional groups attached to an aromatic ring is 2. The van der Waals surface area contributed by atoms with E-state index in [4.69, 9.17) is 11.5 Å². The molecule has 1 aliphatic rings. The van der Waals surface area contributed by atoms with Crippen LogP contribution in [0.4, 0.5) is 22.7 Å². The zero-order chi connectivity index (χ0) is 19.1. The standard InChI is InChI=1S/C23H19N5/c24-15-7-8-18-14(11-15)12-16-21(28-18)13-17(19-5-1-3-9-26-19)23(25)22(16)20-6-2-4-10-27-20/h1-11,13,28H,12,24-25H2. The highest BCUT2D eigenvalue weighted by atomic mass is 14.9. The second-order valence-electron chi connectivity index (χ2n) is 6.89. The van der Waals surface area contributed by atoms with E-state index >= 15 is 0 Å². The molecule has 0 spiro atoms. The highest BCUT2D eigenvalue weighted by Crippen LogP contribution is 2.45. The number of nitrogens with one attached hydrogen (secondary N) is 1. The Labute approximate surface area is 163 Å². The Bertz CT molecular complexity index is 1170. The predicted molar refractivity (Wildman–Crippen MR) is 114 cm³/mol. The van der Waals surface area contributed by atoms with Gasteiger partial charge in [-0.3, -0.25) is 9.97 Å². The Morgan fingerprint density at radius 1 is 0.786 bits per heavy atom. The Morgan fingerprint density at radius 2 is 1.54 bits per heavy atom. The van der Waals surface area contributed by atoms with Gasteiger partial charge in [0.2, 0.25) is 0 Å². The first-order chi connectivity index (χ1) is 13.7. The molecule has 2 aromatic carbocycles. The molecule has 0 saturated heterocycles. The van der Waals surface area contributed by atoms with E-state index in [0.717, 1.165) is 57.1 Å². The van der Waals surface area contributed by atoms with Gasteiger partial charge in [-0.1, -0.05) is 12.1 Å². The van der Waals surface area contributed by atoms with Crippen LogP contribution in [0.2, 0.25) is 0 Å². The van der Waals surface area contributed by atoms with Crippen LogP contribution in [0.5, 0.6) is 0 Å². The van der Waals surface area contributed by atoms with Crippen molar-refractivity contribution in [2.24, 2.45) is 0 Å². The summed E-state index contributed by atoms with van der Waals surface area (Å²) in [5.41, 5.74) is 22.0. The van der Waals surface area contributed by atoms with Crippen LogP contribution in [0.3, 0.4) is 0 Å². The molecule has 0 unspecified atom stereocenters. The van der Waals surface area contributed by atoms with Crippen molar-refractivity contribution in [1.82, 2.24) is 9.97 Å². The summed E-state index contributed by atoms with van der Waals surface area (Å²) in [7, 11) is 0. The highest BCUT2D eigenvalue weighted by Gasteiger charge is 2.24. The normalized spacial score (nSPS) is 12.0. The van der Waals surface area contributed by atoms with E-state index in [1.54, 1.807) is 12.4 Å². The van der Waals surface area contributed by atoms with Crippen LogP contribution in [0.1, 0.15) is 11.1 Å². The molecule has 2 aromatic heterocycles. The number of hydrogen-bond acceptors (Lipinski definition) is 5. The van der Waals surface area contributed by atoms with E-state index in [9.17, 15) is 0 Å². The first kappa shape index (κ1) is 16.3. The van der Waals surface area contributed by atoms with Gasteiger partial charge in [0.05, 0.1) is 17.1 Å². The average Bonchev–Trinajstić information content (AvgIpc) is 2.73. The van der Waals surface area contributed by atoms with E-state index < -0.39 is 0 Å². The first-order valence-corrected chi connectivity index (χ1v) is 9.14. The number of anilines is 4. The molecule has 0 radical (unpaired) electrons. The fourth-order valence-corrected chi connectivity index (χ4v) is 3.79. The molecule has 28 heavy (non-hydrogen) atoms. The number of nitrogens with two attached hydrogens (primary N) is 2. The summed E-state index contributed by atoms with van der Waals surface area (Å²) in [6.45, 7) is 0. The molecular weight excluding hydrogens is 346 g/mol. The van der Waals surface area contributed by atoms with Gasteiger partial charge in [0.25, 0.3) is 0 Å². The van der Waals surface area contributed by atoms with E-state index in [1.165, 1.54) is 0 Å². The molecule has 5 heteroatoms. The molecule has 4 aromatic rings. The molecule has 5 nitrogen and oxygen atoms in total. The Morgan fingerprint density at radius 3 is 2.25 bits per heavy atom. The number of nitrogens with zero attached hydrogens (tertiary/aromatic N) is 2. The number of fused-ring (bicyclic) bond motifs is 2. The molecule has 136 valence electrons. The second-order valence-corrected chi connectivity index (χ2v) is 6.89. The van der Waals surface area contributed by atoms with Crippen LogP contribution < -0.4 is 16.8 Å². The molecule has 0 bridgehead atoms. The van der Waals surface area contributed by atoms with Gasteiger partial charge in [-0.25, -0.2) is 0 Å². The fraction of sp³-hybridized carbons (Fsp3) is 0.0435. The number of benzene rings is 2. The lowest BCUT2D eigenvalue weighted by Gasteiger charge is -2.26. The van der Waals surface area contributed by atoms with Gasteiger partial charge in [-0.2, -0.15) is 0 Å². The molecule has 0 fully saturated rings. The van der Waals surface area contributed by atoms with Crippen LogP contribution in [-0.2, 0) is 6.42 Å². The third-order valence-electron chi connectivity index (χ3n) is 5.10. The van der Waals surface area contributed by atoms with Gasteiger partial charge in [0.1, 0.15) is 0 Å². The van der Waals surface area contributed by atoms with Crippen molar-refractivity contribution in [2.75, 3.05) is 16.8 Å². The number of pyridine rings is 2. The van der Waals surface area contributed by atoms with Crippen LogP contribution >= 0.6 is 0 Å². The molecule has 1 aliphatic heterocycles. The maximum atomic E-state index is 6.69. The molecule has 0 saturated carbocycles. The highest BCUT2D eigenvalue weighted by molar-refractivity contribution is 5.95. The average molecular weight is 365 g/mol. The van der Waals surface area contributed by atoms with Crippen molar-refractivity contribution in [3.8, 4) is 22.5 Å². The monoisotopic (exact) mass is 365 g/mol. The lowest BCUT2D eigenvalue weighted by Crippen LogP contribution is -2.11. The number of aromatic nitrogens is 2. The summed E-state index contributed by atoms with van der Waals surface area (Å²) in [5.74, 6) is 0. The Kier molecular flexibility index (Phi) is 3.72. The van der Waals surface area contributed by atoms with E-state index in [0.29, 0.717) is 5.69 Å². The summed E-state index contributed by atoms with van der Waals surface area (Å²) in [6.07, 6.45) is 4.30. The van der Waals surface area contributed by atoms with Gasteiger partial charge in [-0.05, 0) is 59.7 Å². The van der Waals surface area contributed by atoms with Gasteiger partial charge in [0.15, 0.2) is 0 Å². The summed E-state index contributed by atoms with van der Waals surface area (Å²) in [4.78, 5) is 9.08. The van der Waals surface area contributed by atoms with Crippen molar-refractivity contribution in [3.63, 3.8) is 0 Å². The van der Waals surface area contributed by atoms with E-state index in [1.807, 2.05) is 54.6 Å². The van der Waals surface area contributed by atoms with Crippen molar-refractivity contribution in [1.29, 1.82) is 0 Å². The summed E-state index contributed by atoms with van der Waals surface area (Å²) >= 11 is 0. The zero-order valence-corrected chi connectivity index (χ0v) is 15.2. The summed E-state index contributed by atoms with van der Waals surface area (Å²) < 4.78 is 0. The lowest BCUT2D eigenvalue weighted by atomic mass is 9.88. The Hall–Kier alpha value is -3.86. The minimum absolute atomic E-state index is 0.685. The first-order valence-electron chi connectivity index (χ1n) is 9.14. The van der Waals surface area contributed by atoms with Crippen LogP contribution in [0, 0.1) is 0 Å². The van der Waals surface area contributed by atoms with Crippen molar-refractivity contribution in [2.45, 2.75) is 6.42 Å². The van der Waals surface area contributed by atoms with Gasteiger partial charge >= 0.3 is 0 Å². The van der Waals surface area contributed by atoms with E-state index in [2.05, 4.69) is 21.4 Å². The quantitative estimate of drug-likeness (QED) is 0.397. The molecule has 0 aliphatic carbocycles. The SMILES string of the molecule is Nc1ccc2c(c1)Cc1c(cc(-c3ccccn3)c(N)c1-c1ccccn1)N2. The lowest BCUT2D eigenvalue weighted by molar-refractivity contribution is 1.15. The van der Waals surface area contributed by atoms with Crippen molar-refractivity contribution in [3.05, 3.63) is 84.2 Å². The smallest absolute Gasteiger partial charge is 0.0726 e. The Balaban J connectivity index is 1.78. The molecule has 5 rings (SSSR count). The number of rotatable bonds is 2. The largest absolute Gasteiger partial charge is 0.399 e. The van der Waals surface area contributed by atoms with Gasteiger partial charge in [0, 0.05) is 47.0 Å². The van der Waals surface area contributed by atoms with Crippen LogP contribution in [0.15, 0.2) is 73.1 Å². The summed E-state index contributed by atoms with van der Waals surface area (Å²) in [5, 5.41) is 3.55.